The summed E-state index contributed by atoms with van der Waals surface area (Å²) in [7, 11) is 0. The summed E-state index contributed by atoms with van der Waals surface area (Å²) in [6.07, 6.45) is 17.0. The van der Waals surface area contributed by atoms with E-state index in [-0.39, 0.29) is 17.8 Å². The molecule has 0 rings (SSSR count). The molecule has 0 saturated carbocycles. The first-order valence-electron chi connectivity index (χ1n) is 9.78. The minimum atomic E-state index is -0.591. The summed E-state index contributed by atoms with van der Waals surface area (Å²) in [5.74, 6) is 0. The Bertz CT molecular complexity index is 538. The Morgan fingerprint density at radius 2 is 1.41 bits per heavy atom. The van der Waals surface area contributed by atoms with Gasteiger partial charge in [0.25, 0.3) is 11.4 Å². The van der Waals surface area contributed by atoms with E-state index in [1.165, 1.54) is 44.3 Å². The maximum Gasteiger partial charge on any atom is 0.253 e. The third-order valence-electron chi connectivity index (χ3n) is 4.12. The Morgan fingerprint density at radius 1 is 0.778 bits per heavy atom. The van der Waals surface area contributed by atoms with Gasteiger partial charge in [-0.2, -0.15) is 0 Å². The van der Waals surface area contributed by atoms with Crippen molar-refractivity contribution >= 4 is 6.29 Å². The molecule has 0 aliphatic rings. The van der Waals surface area contributed by atoms with Gasteiger partial charge in [0.1, 0.15) is 12.7 Å². The molecule has 0 bridgehead atoms. The van der Waals surface area contributed by atoms with Crippen molar-refractivity contribution in [2.75, 3.05) is 0 Å². The van der Waals surface area contributed by atoms with Crippen LogP contribution in [0.3, 0.4) is 0 Å². The molecule has 0 heterocycles. The molecule has 0 aliphatic heterocycles. The third-order valence-corrected chi connectivity index (χ3v) is 4.12. The average molecular weight is 380 g/mol. The first kappa shape index (κ1) is 24.7. The van der Waals surface area contributed by atoms with Crippen LogP contribution in [-0.2, 0) is 4.79 Å². The summed E-state index contributed by atoms with van der Waals surface area (Å²) in [6, 6.07) is 0. The predicted molar refractivity (Wildman–Crippen MR) is 106 cm³/mol. The number of carbonyl (C=O) groups excluding carboxylic acids is 1. The molecule has 0 unspecified atom stereocenters. The lowest BCUT2D eigenvalue weighted by Gasteiger charge is -1.99. The fraction of sp³-hybridized carbons (Fsp3) is 0.650. The van der Waals surface area contributed by atoms with E-state index < -0.39 is 9.85 Å². The molecule has 0 spiro atoms. The summed E-state index contributed by atoms with van der Waals surface area (Å²) < 4.78 is 0. The van der Waals surface area contributed by atoms with Crippen molar-refractivity contribution in [1.29, 1.82) is 0 Å². The fourth-order valence-electron chi connectivity index (χ4n) is 2.54. The minimum absolute atomic E-state index is 0.169. The van der Waals surface area contributed by atoms with Crippen LogP contribution in [0, 0.1) is 20.2 Å². The van der Waals surface area contributed by atoms with Crippen molar-refractivity contribution in [2.45, 2.75) is 84.0 Å². The predicted octanol–water partition coefficient (Wildman–Crippen LogP) is 5.76. The highest BCUT2D eigenvalue weighted by Crippen LogP contribution is 2.15. The van der Waals surface area contributed by atoms with Gasteiger partial charge in [0.05, 0.1) is 9.85 Å². The van der Waals surface area contributed by atoms with Gasteiger partial charge >= 0.3 is 0 Å². The number of aldehydes is 1. The zero-order valence-electron chi connectivity index (χ0n) is 16.3. The second kappa shape index (κ2) is 17.1. The fourth-order valence-corrected chi connectivity index (χ4v) is 2.54. The quantitative estimate of drug-likeness (QED) is 0.105. The van der Waals surface area contributed by atoms with Crippen LogP contribution in [0.4, 0.5) is 0 Å². The van der Waals surface area contributed by atoms with E-state index in [0.717, 1.165) is 19.1 Å². The molecule has 7 heteroatoms. The number of carbonyl (C=O) groups is 1. The smallest absolute Gasteiger partial charge is 0.253 e. The monoisotopic (exact) mass is 380 g/mol. The van der Waals surface area contributed by atoms with Gasteiger partial charge in [-0.3, -0.25) is 20.2 Å². The van der Waals surface area contributed by atoms with E-state index in [1.54, 1.807) is 0 Å². The molecule has 0 aliphatic carbocycles. The Kier molecular flexibility index (Phi) is 15.7. The van der Waals surface area contributed by atoms with Crippen molar-refractivity contribution in [2.24, 2.45) is 0 Å². The Balaban J connectivity index is 4.42. The third kappa shape index (κ3) is 14.5. The maximum absolute atomic E-state index is 11.1. The first-order chi connectivity index (χ1) is 13.0. The molecule has 0 saturated heterocycles. The Morgan fingerprint density at radius 3 is 2.04 bits per heavy atom. The summed E-state index contributed by atoms with van der Waals surface area (Å²) in [6.45, 7) is 2.19. The number of rotatable bonds is 17. The SMILES string of the molecule is CCCCCCCC/C=C\C/C=C(\C/C(=C\CCCC=O)[N+](=O)[O-])[N+](=O)[O-]. The first-order valence-corrected chi connectivity index (χ1v) is 9.78. The lowest BCUT2D eigenvalue weighted by atomic mass is 10.1. The van der Waals surface area contributed by atoms with Crippen molar-refractivity contribution < 1.29 is 14.6 Å². The average Bonchev–Trinajstić information content (AvgIpc) is 2.63. The van der Waals surface area contributed by atoms with Crippen LogP contribution in [0.1, 0.15) is 84.0 Å². The standard InChI is InChI=1S/C20H32N2O5/c1-2-3-4-5-6-7-8-9-10-12-15-19(21(24)25)18-20(22(26)27)16-13-11-14-17-23/h9-10,15-17H,2-8,11-14,18H2,1H3/b10-9-,19-15+,20-16+. The second-order valence-corrected chi connectivity index (χ2v) is 6.44. The molecule has 152 valence electrons. The minimum Gasteiger partial charge on any atom is -0.303 e. The number of hydrogen-bond donors (Lipinski definition) is 0. The highest BCUT2D eigenvalue weighted by molar-refractivity contribution is 5.49. The van der Waals surface area contributed by atoms with E-state index in [0.29, 0.717) is 25.7 Å². The van der Waals surface area contributed by atoms with Gasteiger partial charge in [0, 0.05) is 6.42 Å². The number of nitro groups is 2. The van der Waals surface area contributed by atoms with Crippen LogP contribution in [0.25, 0.3) is 0 Å². The van der Waals surface area contributed by atoms with Crippen molar-refractivity contribution in [3.63, 3.8) is 0 Å². The maximum atomic E-state index is 11.1. The zero-order chi connectivity index (χ0) is 20.3. The van der Waals surface area contributed by atoms with Gasteiger partial charge in [0.15, 0.2) is 0 Å². The molecule has 0 aromatic carbocycles. The van der Waals surface area contributed by atoms with Crippen LogP contribution >= 0.6 is 0 Å². The molecule has 27 heavy (non-hydrogen) atoms. The topological polar surface area (TPSA) is 103 Å². The lowest BCUT2D eigenvalue weighted by molar-refractivity contribution is -0.450. The van der Waals surface area contributed by atoms with Gasteiger partial charge in [-0.05, 0) is 44.3 Å². The molecule has 0 amide bonds. The van der Waals surface area contributed by atoms with Crippen LogP contribution in [0.5, 0.6) is 0 Å². The Hall–Kier alpha value is -2.31. The highest BCUT2D eigenvalue weighted by Gasteiger charge is 2.20. The number of nitrogens with zero attached hydrogens (tertiary/aromatic N) is 2. The number of hydrogen-bond acceptors (Lipinski definition) is 5. The van der Waals surface area contributed by atoms with Gasteiger partial charge in [-0.25, -0.2) is 0 Å². The van der Waals surface area contributed by atoms with Crippen molar-refractivity contribution in [1.82, 2.24) is 0 Å². The summed E-state index contributed by atoms with van der Waals surface area (Å²) in [4.78, 5) is 31.3. The van der Waals surface area contributed by atoms with Crippen LogP contribution in [0.2, 0.25) is 0 Å². The van der Waals surface area contributed by atoms with E-state index >= 15 is 0 Å². The molecule has 0 N–H and O–H groups in total. The molecule has 7 nitrogen and oxygen atoms in total. The summed E-state index contributed by atoms with van der Waals surface area (Å²) >= 11 is 0. The molecular formula is C20H32N2O5. The second-order valence-electron chi connectivity index (χ2n) is 6.44. The van der Waals surface area contributed by atoms with Crippen LogP contribution < -0.4 is 0 Å². The molecular weight excluding hydrogens is 348 g/mol. The number of allylic oxidation sites excluding steroid dienone is 4. The largest absolute Gasteiger partial charge is 0.303 e. The van der Waals surface area contributed by atoms with Crippen molar-refractivity contribution in [3.8, 4) is 0 Å². The molecule has 0 radical (unpaired) electrons. The van der Waals surface area contributed by atoms with E-state index in [1.807, 2.05) is 12.2 Å². The highest BCUT2D eigenvalue weighted by atomic mass is 16.6. The van der Waals surface area contributed by atoms with Crippen molar-refractivity contribution in [3.05, 3.63) is 55.9 Å². The van der Waals surface area contributed by atoms with Gasteiger partial charge in [-0.1, -0.05) is 51.2 Å². The molecule has 0 aromatic heterocycles. The number of unbranched alkanes of at least 4 members (excludes halogenated alkanes) is 8. The van der Waals surface area contributed by atoms with Gasteiger partial charge < -0.3 is 4.79 Å². The normalized spacial score (nSPS) is 12.5. The van der Waals surface area contributed by atoms with Gasteiger partial charge in [0.2, 0.25) is 0 Å². The van der Waals surface area contributed by atoms with Crippen LogP contribution in [-0.4, -0.2) is 16.1 Å². The zero-order valence-corrected chi connectivity index (χ0v) is 16.3. The molecule has 0 atom stereocenters. The summed E-state index contributed by atoms with van der Waals surface area (Å²) in [5.41, 5.74) is -0.363. The molecule has 0 fully saturated rings. The lowest BCUT2D eigenvalue weighted by Crippen LogP contribution is -2.06. The van der Waals surface area contributed by atoms with Crippen LogP contribution in [0.15, 0.2) is 35.7 Å². The van der Waals surface area contributed by atoms with Gasteiger partial charge in [-0.15, -0.1) is 0 Å². The van der Waals surface area contributed by atoms with E-state index in [4.69, 9.17) is 0 Å². The van der Waals surface area contributed by atoms with E-state index in [2.05, 4.69) is 6.92 Å². The molecule has 0 aromatic rings. The Labute approximate surface area is 161 Å². The van der Waals surface area contributed by atoms with E-state index in [9.17, 15) is 25.0 Å². The summed E-state index contributed by atoms with van der Waals surface area (Å²) in [5, 5.41) is 22.2.